The minimum atomic E-state index is -0.426. The summed E-state index contributed by atoms with van der Waals surface area (Å²) >= 11 is 1.76. The van der Waals surface area contributed by atoms with Crippen molar-refractivity contribution in [3.05, 3.63) is 15.6 Å². The van der Waals surface area contributed by atoms with Crippen LogP contribution in [0.15, 0.2) is 0 Å². The molecule has 1 aromatic rings. The quantitative estimate of drug-likeness (QED) is 0.852. The number of ether oxygens (including phenoxy) is 1. The third-order valence-electron chi connectivity index (χ3n) is 2.69. The lowest BCUT2D eigenvalue weighted by Gasteiger charge is -2.21. The van der Waals surface area contributed by atoms with E-state index in [0.717, 1.165) is 11.4 Å². The van der Waals surface area contributed by atoms with Crippen LogP contribution in [0.1, 0.15) is 35.8 Å². The standard InChI is InChI=1S/C11H18N2OS/c1-3-14-7-11(2,12)10-13-8-5-4-6-9(8)15-10/h3-7,12H2,1-2H3. The van der Waals surface area contributed by atoms with E-state index in [4.69, 9.17) is 10.5 Å². The smallest absolute Gasteiger partial charge is 0.115 e. The van der Waals surface area contributed by atoms with Crippen LogP contribution in [-0.4, -0.2) is 18.2 Å². The Morgan fingerprint density at radius 3 is 3.00 bits per heavy atom. The molecule has 2 N–H and O–H groups in total. The molecule has 1 aliphatic rings. The number of hydrogen-bond acceptors (Lipinski definition) is 4. The van der Waals surface area contributed by atoms with E-state index in [0.29, 0.717) is 13.2 Å². The van der Waals surface area contributed by atoms with Crippen molar-refractivity contribution >= 4 is 11.3 Å². The third kappa shape index (κ3) is 2.22. The summed E-state index contributed by atoms with van der Waals surface area (Å²) in [7, 11) is 0. The van der Waals surface area contributed by atoms with Crippen LogP contribution in [0, 0.1) is 0 Å². The zero-order valence-electron chi connectivity index (χ0n) is 9.38. The normalized spacial score (nSPS) is 18.9. The number of nitrogens with two attached hydrogens (primary N) is 1. The summed E-state index contributed by atoms with van der Waals surface area (Å²) in [6.07, 6.45) is 3.55. The second-order valence-electron chi connectivity index (χ2n) is 4.30. The number of aryl methyl sites for hydroxylation is 2. The van der Waals surface area contributed by atoms with Gasteiger partial charge in [0.05, 0.1) is 17.8 Å². The van der Waals surface area contributed by atoms with Crippen molar-refractivity contribution in [1.29, 1.82) is 0 Å². The highest BCUT2D eigenvalue weighted by molar-refractivity contribution is 7.12. The number of rotatable bonds is 4. The maximum Gasteiger partial charge on any atom is 0.115 e. The van der Waals surface area contributed by atoms with Crippen LogP contribution in [0.25, 0.3) is 0 Å². The predicted molar refractivity (Wildman–Crippen MR) is 62.2 cm³/mol. The van der Waals surface area contributed by atoms with Crippen molar-refractivity contribution in [2.24, 2.45) is 5.73 Å². The first-order valence-corrected chi connectivity index (χ1v) is 6.31. The van der Waals surface area contributed by atoms with E-state index in [9.17, 15) is 0 Å². The van der Waals surface area contributed by atoms with E-state index in [1.807, 2.05) is 13.8 Å². The topological polar surface area (TPSA) is 48.1 Å². The summed E-state index contributed by atoms with van der Waals surface area (Å²) < 4.78 is 5.40. The zero-order valence-corrected chi connectivity index (χ0v) is 10.2. The molecule has 84 valence electrons. The summed E-state index contributed by atoms with van der Waals surface area (Å²) in [4.78, 5) is 6.06. The molecule has 0 amide bonds. The molecule has 0 saturated heterocycles. The first-order valence-electron chi connectivity index (χ1n) is 5.49. The van der Waals surface area contributed by atoms with E-state index in [1.54, 1.807) is 11.3 Å². The first-order chi connectivity index (χ1) is 7.13. The Kier molecular flexibility index (Phi) is 3.09. The van der Waals surface area contributed by atoms with Gasteiger partial charge in [-0.2, -0.15) is 0 Å². The summed E-state index contributed by atoms with van der Waals surface area (Å²) in [5.41, 5.74) is 7.05. The van der Waals surface area contributed by atoms with Gasteiger partial charge < -0.3 is 10.5 Å². The van der Waals surface area contributed by atoms with E-state index >= 15 is 0 Å². The van der Waals surface area contributed by atoms with E-state index in [-0.39, 0.29) is 0 Å². The Hall–Kier alpha value is -0.450. The monoisotopic (exact) mass is 226 g/mol. The van der Waals surface area contributed by atoms with Crippen molar-refractivity contribution < 1.29 is 4.74 Å². The minimum absolute atomic E-state index is 0.426. The number of aromatic nitrogens is 1. The summed E-state index contributed by atoms with van der Waals surface area (Å²) in [6, 6.07) is 0. The molecular formula is C11H18N2OS. The van der Waals surface area contributed by atoms with Crippen molar-refractivity contribution in [2.45, 2.75) is 38.6 Å². The fraction of sp³-hybridized carbons (Fsp3) is 0.727. The average molecular weight is 226 g/mol. The van der Waals surface area contributed by atoms with Crippen LogP contribution in [0.2, 0.25) is 0 Å². The summed E-state index contributed by atoms with van der Waals surface area (Å²) in [5.74, 6) is 0. The lowest BCUT2D eigenvalue weighted by molar-refractivity contribution is 0.101. The minimum Gasteiger partial charge on any atom is -0.379 e. The fourth-order valence-electron chi connectivity index (χ4n) is 1.81. The largest absolute Gasteiger partial charge is 0.379 e. The van der Waals surface area contributed by atoms with Crippen LogP contribution >= 0.6 is 11.3 Å². The Labute approximate surface area is 94.7 Å². The van der Waals surface area contributed by atoms with Crippen LogP contribution < -0.4 is 5.73 Å². The molecule has 0 bridgehead atoms. The molecule has 1 heterocycles. The van der Waals surface area contributed by atoms with Gasteiger partial charge in [0.2, 0.25) is 0 Å². The highest BCUT2D eigenvalue weighted by Crippen LogP contribution is 2.32. The van der Waals surface area contributed by atoms with Crippen LogP contribution in [-0.2, 0) is 23.1 Å². The second kappa shape index (κ2) is 4.20. The van der Waals surface area contributed by atoms with Gasteiger partial charge in [-0.05, 0) is 33.1 Å². The summed E-state index contributed by atoms with van der Waals surface area (Å²) in [5, 5.41) is 1.03. The van der Waals surface area contributed by atoms with Crippen LogP contribution in [0.4, 0.5) is 0 Å². The fourth-order valence-corrected chi connectivity index (χ4v) is 3.00. The molecule has 3 nitrogen and oxygen atoms in total. The van der Waals surface area contributed by atoms with Gasteiger partial charge in [-0.25, -0.2) is 4.98 Å². The first kappa shape index (κ1) is 11.0. The van der Waals surface area contributed by atoms with E-state index in [1.165, 1.54) is 23.4 Å². The van der Waals surface area contributed by atoms with Crippen molar-refractivity contribution in [3.8, 4) is 0 Å². The molecule has 1 unspecified atom stereocenters. The van der Waals surface area contributed by atoms with Gasteiger partial charge in [0.25, 0.3) is 0 Å². The lowest BCUT2D eigenvalue weighted by atomic mass is 10.1. The molecule has 0 spiro atoms. The molecule has 0 aliphatic heterocycles. The molecule has 2 rings (SSSR count). The number of thiazole rings is 1. The predicted octanol–water partition coefficient (Wildman–Crippen LogP) is 1.84. The van der Waals surface area contributed by atoms with Gasteiger partial charge >= 0.3 is 0 Å². The SMILES string of the molecule is CCOCC(C)(N)c1nc2c(s1)CCC2. The van der Waals surface area contributed by atoms with Crippen LogP contribution in [0.5, 0.6) is 0 Å². The van der Waals surface area contributed by atoms with Gasteiger partial charge in [-0.3, -0.25) is 0 Å². The van der Waals surface area contributed by atoms with Crippen molar-refractivity contribution in [3.63, 3.8) is 0 Å². The van der Waals surface area contributed by atoms with Crippen molar-refractivity contribution in [2.75, 3.05) is 13.2 Å². The maximum absolute atomic E-state index is 6.21. The lowest BCUT2D eigenvalue weighted by Crippen LogP contribution is -2.38. The number of hydrogen-bond donors (Lipinski definition) is 1. The van der Waals surface area contributed by atoms with Gasteiger partial charge in [-0.1, -0.05) is 0 Å². The van der Waals surface area contributed by atoms with E-state index < -0.39 is 5.54 Å². The van der Waals surface area contributed by atoms with Gasteiger partial charge in [-0.15, -0.1) is 11.3 Å². The van der Waals surface area contributed by atoms with Gasteiger partial charge in [0.15, 0.2) is 0 Å². The Morgan fingerprint density at radius 1 is 1.53 bits per heavy atom. The van der Waals surface area contributed by atoms with E-state index in [2.05, 4.69) is 4.98 Å². The average Bonchev–Trinajstić information content (AvgIpc) is 2.73. The Bertz CT molecular complexity index is 325. The number of fused-ring (bicyclic) bond motifs is 1. The Morgan fingerprint density at radius 2 is 2.33 bits per heavy atom. The molecule has 1 aliphatic carbocycles. The highest BCUT2D eigenvalue weighted by atomic mass is 32.1. The van der Waals surface area contributed by atoms with Crippen molar-refractivity contribution in [1.82, 2.24) is 4.98 Å². The molecule has 0 fully saturated rings. The third-order valence-corrected chi connectivity index (χ3v) is 4.13. The van der Waals surface area contributed by atoms with Gasteiger partial charge in [0, 0.05) is 11.5 Å². The summed E-state index contributed by atoms with van der Waals surface area (Å²) in [6.45, 7) is 5.24. The Balaban J connectivity index is 2.14. The maximum atomic E-state index is 6.21. The number of nitrogens with zero attached hydrogens (tertiary/aromatic N) is 1. The van der Waals surface area contributed by atoms with Gasteiger partial charge in [0.1, 0.15) is 5.01 Å². The molecule has 1 atom stereocenters. The molecule has 1 aromatic heterocycles. The molecule has 15 heavy (non-hydrogen) atoms. The molecule has 0 radical (unpaired) electrons. The molecule has 0 aromatic carbocycles. The molecule has 0 saturated carbocycles. The second-order valence-corrected chi connectivity index (χ2v) is 5.38. The van der Waals surface area contributed by atoms with Crippen LogP contribution in [0.3, 0.4) is 0 Å². The zero-order chi connectivity index (χ0) is 10.9. The highest BCUT2D eigenvalue weighted by Gasteiger charge is 2.28. The molecular weight excluding hydrogens is 208 g/mol. The molecule has 4 heteroatoms.